The Bertz CT molecular complexity index is 706. The molecule has 6 heteroatoms. The van der Waals surface area contributed by atoms with Gasteiger partial charge in [0.2, 0.25) is 0 Å². The molecule has 2 atom stereocenters. The lowest BCUT2D eigenvalue weighted by molar-refractivity contribution is 0.0712. The van der Waals surface area contributed by atoms with Crippen molar-refractivity contribution >= 4 is 6.03 Å². The summed E-state index contributed by atoms with van der Waals surface area (Å²) in [6, 6.07) is 12.3. The summed E-state index contributed by atoms with van der Waals surface area (Å²) in [5.74, 6) is -0.190. The number of amides is 2. The van der Waals surface area contributed by atoms with E-state index < -0.39 is 12.1 Å². The average Bonchev–Trinajstić information content (AvgIpc) is 2.59. The zero-order chi connectivity index (χ0) is 18.4. The van der Waals surface area contributed by atoms with Crippen LogP contribution in [0.25, 0.3) is 0 Å². The van der Waals surface area contributed by atoms with Crippen LogP contribution in [0, 0.1) is 5.82 Å². The predicted octanol–water partition coefficient (Wildman–Crippen LogP) is 3.45. The second kappa shape index (κ2) is 8.48. The number of hydrogen-bond donors (Lipinski definition) is 2. The van der Waals surface area contributed by atoms with Crippen molar-refractivity contribution in [3.8, 4) is 5.75 Å². The highest BCUT2D eigenvalue weighted by Gasteiger charge is 2.24. The SMILES string of the molecule is CO[C@H](c1ccccc1F)[C@@H](C)NC(=O)N(C)Cc1ccc(O)cc1. The van der Waals surface area contributed by atoms with Gasteiger partial charge in [-0.25, -0.2) is 9.18 Å². The van der Waals surface area contributed by atoms with Crippen molar-refractivity contribution in [1.82, 2.24) is 10.2 Å². The number of phenolic OH excluding ortho intramolecular Hbond substituents is 1. The maximum Gasteiger partial charge on any atom is 0.317 e. The topological polar surface area (TPSA) is 61.8 Å². The number of rotatable bonds is 6. The molecule has 2 aromatic carbocycles. The fraction of sp³-hybridized carbons (Fsp3) is 0.316. The fourth-order valence-electron chi connectivity index (χ4n) is 2.63. The Morgan fingerprint density at radius 3 is 2.48 bits per heavy atom. The second-order valence-electron chi connectivity index (χ2n) is 5.94. The third-order valence-electron chi connectivity index (χ3n) is 3.97. The van der Waals surface area contributed by atoms with Crippen molar-refractivity contribution in [2.24, 2.45) is 0 Å². The van der Waals surface area contributed by atoms with E-state index >= 15 is 0 Å². The lowest BCUT2D eigenvalue weighted by atomic mass is 10.0. The molecule has 0 saturated heterocycles. The first-order valence-corrected chi connectivity index (χ1v) is 7.99. The molecule has 5 nitrogen and oxygen atoms in total. The van der Waals surface area contributed by atoms with Crippen molar-refractivity contribution in [1.29, 1.82) is 0 Å². The summed E-state index contributed by atoms with van der Waals surface area (Å²) in [4.78, 5) is 13.9. The Hall–Kier alpha value is -2.60. The number of methoxy groups -OCH3 is 1. The van der Waals surface area contributed by atoms with Crippen molar-refractivity contribution in [3.05, 3.63) is 65.5 Å². The predicted molar refractivity (Wildman–Crippen MR) is 93.7 cm³/mol. The molecule has 25 heavy (non-hydrogen) atoms. The Labute approximate surface area is 147 Å². The minimum Gasteiger partial charge on any atom is -0.508 e. The molecule has 0 aliphatic heterocycles. The number of phenols is 1. The average molecular weight is 346 g/mol. The summed E-state index contributed by atoms with van der Waals surface area (Å²) in [5, 5.41) is 12.1. The first kappa shape index (κ1) is 18.7. The van der Waals surface area contributed by atoms with Crippen LogP contribution in [0.5, 0.6) is 5.75 Å². The van der Waals surface area contributed by atoms with E-state index in [1.54, 1.807) is 56.4 Å². The molecule has 0 aromatic heterocycles. The molecule has 0 radical (unpaired) electrons. The minimum atomic E-state index is -0.591. The van der Waals surface area contributed by atoms with E-state index in [9.17, 15) is 14.3 Å². The molecule has 0 fully saturated rings. The van der Waals surface area contributed by atoms with Gasteiger partial charge < -0.3 is 20.1 Å². The van der Waals surface area contributed by atoms with Gasteiger partial charge in [-0.15, -0.1) is 0 Å². The van der Waals surface area contributed by atoms with Gasteiger partial charge in [-0.3, -0.25) is 0 Å². The number of urea groups is 1. The van der Waals surface area contributed by atoms with E-state index in [1.807, 2.05) is 0 Å². The monoisotopic (exact) mass is 346 g/mol. The van der Waals surface area contributed by atoms with E-state index in [-0.39, 0.29) is 17.6 Å². The molecule has 134 valence electrons. The summed E-state index contributed by atoms with van der Waals surface area (Å²) in [6.07, 6.45) is -0.591. The quantitative estimate of drug-likeness (QED) is 0.842. The molecule has 2 rings (SSSR count). The maximum atomic E-state index is 14.0. The van der Waals surface area contributed by atoms with E-state index in [0.717, 1.165) is 5.56 Å². The van der Waals surface area contributed by atoms with Gasteiger partial charge >= 0.3 is 6.03 Å². The highest BCUT2D eigenvalue weighted by Crippen LogP contribution is 2.23. The number of aromatic hydroxyl groups is 1. The van der Waals surface area contributed by atoms with Gasteiger partial charge in [-0.2, -0.15) is 0 Å². The number of halogens is 1. The van der Waals surface area contributed by atoms with Crippen LogP contribution < -0.4 is 5.32 Å². The maximum absolute atomic E-state index is 14.0. The summed E-state index contributed by atoms with van der Waals surface area (Å²) >= 11 is 0. The molecule has 0 unspecified atom stereocenters. The van der Waals surface area contributed by atoms with Gasteiger partial charge in [0.1, 0.15) is 17.7 Å². The molecule has 0 spiro atoms. The summed E-state index contributed by atoms with van der Waals surface area (Å²) in [6.45, 7) is 2.16. The van der Waals surface area contributed by atoms with Crippen LogP contribution in [0.2, 0.25) is 0 Å². The lowest BCUT2D eigenvalue weighted by Gasteiger charge is -2.27. The van der Waals surface area contributed by atoms with Crippen LogP contribution >= 0.6 is 0 Å². The number of carbonyl (C=O) groups is 1. The van der Waals surface area contributed by atoms with Crippen LogP contribution in [0.15, 0.2) is 48.5 Å². The van der Waals surface area contributed by atoms with Gasteiger partial charge in [0.15, 0.2) is 0 Å². The third-order valence-corrected chi connectivity index (χ3v) is 3.97. The lowest BCUT2D eigenvalue weighted by Crippen LogP contribution is -2.44. The standard InChI is InChI=1S/C19H23FN2O3/c1-13(18(25-3)16-6-4-5-7-17(16)20)21-19(24)22(2)12-14-8-10-15(23)11-9-14/h4-11,13,18,23H,12H2,1-3H3,(H,21,24)/t13-,18+/m1/s1. The summed E-state index contributed by atoms with van der Waals surface area (Å²) in [5.41, 5.74) is 1.29. The van der Waals surface area contributed by atoms with Gasteiger partial charge in [0.25, 0.3) is 0 Å². The fourth-order valence-corrected chi connectivity index (χ4v) is 2.63. The van der Waals surface area contributed by atoms with Crippen LogP contribution in [0.4, 0.5) is 9.18 Å². The Morgan fingerprint density at radius 2 is 1.88 bits per heavy atom. The van der Waals surface area contributed by atoms with Crippen LogP contribution in [0.3, 0.4) is 0 Å². The van der Waals surface area contributed by atoms with Crippen molar-refractivity contribution in [3.63, 3.8) is 0 Å². The van der Waals surface area contributed by atoms with Gasteiger partial charge in [0.05, 0.1) is 6.04 Å². The molecule has 0 aliphatic carbocycles. The molecule has 0 heterocycles. The number of nitrogens with one attached hydrogen (secondary N) is 1. The first-order chi connectivity index (χ1) is 11.9. The summed E-state index contributed by atoms with van der Waals surface area (Å²) in [7, 11) is 3.15. The molecule has 0 saturated carbocycles. The highest BCUT2D eigenvalue weighted by molar-refractivity contribution is 5.74. The third kappa shape index (κ3) is 4.93. The molecular weight excluding hydrogens is 323 g/mol. The molecular formula is C19H23FN2O3. The van der Waals surface area contributed by atoms with Crippen molar-refractivity contribution in [2.45, 2.75) is 25.6 Å². The molecule has 2 aromatic rings. The van der Waals surface area contributed by atoms with Crippen LogP contribution in [0.1, 0.15) is 24.2 Å². The Morgan fingerprint density at radius 1 is 1.24 bits per heavy atom. The van der Waals surface area contributed by atoms with Crippen molar-refractivity contribution < 1.29 is 19.0 Å². The molecule has 0 bridgehead atoms. The summed E-state index contributed by atoms with van der Waals surface area (Å²) < 4.78 is 19.4. The largest absolute Gasteiger partial charge is 0.508 e. The second-order valence-corrected chi connectivity index (χ2v) is 5.94. The van der Waals surface area contributed by atoms with E-state index in [1.165, 1.54) is 18.1 Å². The van der Waals surface area contributed by atoms with E-state index in [0.29, 0.717) is 12.1 Å². The van der Waals surface area contributed by atoms with Crippen LogP contribution in [-0.4, -0.2) is 36.2 Å². The number of nitrogens with zero attached hydrogens (tertiary/aromatic N) is 1. The van der Waals surface area contributed by atoms with Crippen molar-refractivity contribution in [2.75, 3.05) is 14.2 Å². The normalized spacial score (nSPS) is 13.1. The Kier molecular flexibility index (Phi) is 6.36. The van der Waals surface area contributed by atoms with Crippen LogP contribution in [-0.2, 0) is 11.3 Å². The molecule has 2 amide bonds. The molecule has 2 N–H and O–H groups in total. The van der Waals surface area contributed by atoms with Gasteiger partial charge in [-0.05, 0) is 30.7 Å². The molecule has 0 aliphatic rings. The Balaban J connectivity index is 2.00. The van der Waals surface area contributed by atoms with E-state index in [4.69, 9.17) is 4.74 Å². The first-order valence-electron chi connectivity index (χ1n) is 7.99. The number of hydrogen-bond acceptors (Lipinski definition) is 3. The number of ether oxygens (including phenoxy) is 1. The zero-order valence-electron chi connectivity index (χ0n) is 14.6. The number of benzene rings is 2. The zero-order valence-corrected chi connectivity index (χ0v) is 14.6. The minimum absolute atomic E-state index is 0.178. The van der Waals surface area contributed by atoms with Gasteiger partial charge in [-0.1, -0.05) is 30.3 Å². The number of carbonyl (C=O) groups excluding carboxylic acids is 1. The van der Waals surface area contributed by atoms with Gasteiger partial charge in [0, 0.05) is 26.3 Å². The smallest absolute Gasteiger partial charge is 0.317 e. The van der Waals surface area contributed by atoms with E-state index in [2.05, 4.69) is 5.32 Å². The highest BCUT2D eigenvalue weighted by atomic mass is 19.1.